The van der Waals surface area contributed by atoms with Crippen LogP contribution in [0.15, 0.2) is 42.5 Å². The molecule has 0 unspecified atom stereocenters. The fourth-order valence-corrected chi connectivity index (χ4v) is 2.07. The first-order valence-electron chi connectivity index (χ1n) is 6.63. The topological polar surface area (TPSA) is 52.4 Å². The van der Waals surface area contributed by atoms with Crippen molar-refractivity contribution in [3.8, 4) is 5.75 Å². The lowest BCUT2D eigenvalue weighted by molar-refractivity contribution is -0.384. The zero-order valence-electron chi connectivity index (χ0n) is 11.9. The van der Waals surface area contributed by atoms with Gasteiger partial charge in [0.05, 0.1) is 4.92 Å². The molecule has 0 bridgehead atoms. The van der Waals surface area contributed by atoms with Crippen LogP contribution in [-0.4, -0.2) is 4.92 Å². The number of benzene rings is 2. The van der Waals surface area contributed by atoms with Crippen LogP contribution in [-0.2, 0) is 6.61 Å². The Morgan fingerprint density at radius 1 is 1.19 bits per heavy atom. The molecule has 2 aromatic carbocycles. The van der Waals surface area contributed by atoms with Gasteiger partial charge < -0.3 is 4.74 Å². The fourth-order valence-electron chi connectivity index (χ4n) is 1.90. The summed E-state index contributed by atoms with van der Waals surface area (Å²) in [4.78, 5) is 10.3. The third kappa shape index (κ3) is 3.95. The summed E-state index contributed by atoms with van der Waals surface area (Å²) in [5.41, 5.74) is 1.84. The smallest absolute Gasteiger partial charge is 0.269 e. The largest absolute Gasteiger partial charge is 0.489 e. The summed E-state index contributed by atoms with van der Waals surface area (Å²) in [7, 11) is 0. The van der Waals surface area contributed by atoms with Crippen molar-refractivity contribution in [1.82, 2.24) is 0 Å². The quantitative estimate of drug-likeness (QED) is 0.580. The van der Waals surface area contributed by atoms with Crippen LogP contribution in [0.1, 0.15) is 30.9 Å². The Morgan fingerprint density at radius 2 is 1.86 bits per heavy atom. The van der Waals surface area contributed by atoms with E-state index in [-0.39, 0.29) is 12.3 Å². The van der Waals surface area contributed by atoms with Gasteiger partial charge in [0.15, 0.2) is 0 Å². The predicted octanol–water partition coefficient (Wildman–Crippen LogP) is 4.95. The molecule has 5 heteroatoms. The molecule has 21 heavy (non-hydrogen) atoms. The minimum absolute atomic E-state index is 0.00755. The van der Waals surface area contributed by atoms with Crippen molar-refractivity contribution in [2.24, 2.45) is 0 Å². The van der Waals surface area contributed by atoms with E-state index in [9.17, 15) is 10.1 Å². The molecule has 0 fully saturated rings. The third-order valence-electron chi connectivity index (χ3n) is 3.18. The number of nitro benzene ring substituents is 1. The SMILES string of the molecule is CC(C)c1ccc(OCc2cc([N+](=O)[O-])ccc2Cl)cc1. The van der Waals surface area contributed by atoms with Gasteiger partial charge in [0.1, 0.15) is 12.4 Å². The van der Waals surface area contributed by atoms with Crippen molar-refractivity contribution in [2.45, 2.75) is 26.4 Å². The molecule has 0 N–H and O–H groups in total. The molecule has 0 aliphatic carbocycles. The van der Waals surface area contributed by atoms with Crippen molar-refractivity contribution in [1.29, 1.82) is 0 Å². The molecule has 4 nitrogen and oxygen atoms in total. The van der Waals surface area contributed by atoms with Crippen LogP contribution in [0.5, 0.6) is 5.75 Å². The molecule has 2 aromatic rings. The highest BCUT2D eigenvalue weighted by atomic mass is 35.5. The number of nitro groups is 1. The van der Waals surface area contributed by atoms with Crippen molar-refractivity contribution in [2.75, 3.05) is 0 Å². The van der Waals surface area contributed by atoms with E-state index in [1.54, 1.807) is 0 Å². The molecule has 0 radical (unpaired) electrons. The molecule has 0 heterocycles. The molecule has 0 aliphatic rings. The van der Waals surface area contributed by atoms with Crippen LogP contribution in [0, 0.1) is 10.1 Å². The van der Waals surface area contributed by atoms with Crippen molar-refractivity contribution >= 4 is 17.3 Å². The molecule has 0 aromatic heterocycles. The molecule has 2 rings (SSSR count). The second-order valence-electron chi connectivity index (χ2n) is 5.05. The Hall–Kier alpha value is -2.07. The van der Waals surface area contributed by atoms with Gasteiger partial charge in [-0.25, -0.2) is 0 Å². The van der Waals surface area contributed by atoms with Crippen LogP contribution < -0.4 is 4.74 Å². The molecule has 0 saturated carbocycles. The second kappa shape index (κ2) is 6.59. The van der Waals surface area contributed by atoms with E-state index in [1.165, 1.54) is 23.8 Å². The lowest BCUT2D eigenvalue weighted by Crippen LogP contribution is -1.98. The summed E-state index contributed by atoms with van der Waals surface area (Å²) in [6.45, 7) is 4.44. The lowest BCUT2D eigenvalue weighted by Gasteiger charge is -2.10. The van der Waals surface area contributed by atoms with Crippen LogP contribution in [0.3, 0.4) is 0 Å². The maximum atomic E-state index is 10.8. The molecule has 0 amide bonds. The van der Waals surface area contributed by atoms with E-state index < -0.39 is 4.92 Å². The monoisotopic (exact) mass is 305 g/mol. The summed E-state index contributed by atoms with van der Waals surface area (Å²) >= 11 is 6.03. The summed E-state index contributed by atoms with van der Waals surface area (Å²) in [6.07, 6.45) is 0. The highest BCUT2D eigenvalue weighted by Gasteiger charge is 2.10. The van der Waals surface area contributed by atoms with Gasteiger partial charge in [0.25, 0.3) is 5.69 Å². The minimum Gasteiger partial charge on any atom is -0.489 e. The number of ether oxygens (including phenoxy) is 1. The first-order valence-corrected chi connectivity index (χ1v) is 7.00. The summed E-state index contributed by atoms with van der Waals surface area (Å²) in [5.74, 6) is 1.17. The Bertz CT molecular complexity index is 638. The van der Waals surface area contributed by atoms with Gasteiger partial charge in [-0.15, -0.1) is 0 Å². The summed E-state index contributed by atoms with van der Waals surface area (Å²) in [5, 5.41) is 11.2. The maximum absolute atomic E-state index is 10.8. The third-order valence-corrected chi connectivity index (χ3v) is 3.55. The number of nitrogens with zero attached hydrogens (tertiary/aromatic N) is 1. The van der Waals surface area contributed by atoms with Crippen LogP contribution >= 0.6 is 11.6 Å². The van der Waals surface area contributed by atoms with Gasteiger partial charge in [-0.1, -0.05) is 37.6 Å². The van der Waals surface area contributed by atoms with Gasteiger partial charge in [-0.2, -0.15) is 0 Å². The molecular weight excluding hydrogens is 290 g/mol. The zero-order valence-corrected chi connectivity index (χ0v) is 12.6. The van der Waals surface area contributed by atoms with Crippen LogP contribution in [0.25, 0.3) is 0 Å². The first kappa shape index (κ1) is 15.3. The van der Waals surface area contributed by atoms with E-state index in [2.05, 4.69) is 13.8 Å². The Morgan fingerprint density at radius 3 is 2.43 bits per heavy atom. The Balaban J connectivity index is 2.09. The number of non-ortho nitro benzene ring substituents is 1. The van der Waals surface area contributed by atoms with Gasteiger partial charge in [-0.05, 0) is 29.7 Å². The van der Waals surface area contributed by atoms with Gasteiger partial charge in [-0.3, -0.25) is 10.1 Å². The average Bonchev–Trinajstić information content (AvgIpc) is 2.46. The molecule has 0 saturated heterocycles. The average molecular weight is 306 g/mol. The van der Waals surface area contributed by atoms with E-state index in [0.29, 0.717) is 22.3 Å². The lowest BCUT2D eigenvalue weighted by atomic mass is 10.0. The highest BCUT2D eigenvalue weighted by Crippen LogP contribution is 2.24. The van der Waals surface area contributed by atoms with Gasteiger partial charge in [0, 0.05) is 22.7 Å². The number of halogens is 1. The second-order valence-corrected chi connectivity index (χ2v) is 5.45. The zero-order chi connectivity index (χ0) is 15.4. The number of hydrogen-bond donors (Lipinski definition) is 0. The maximum Gasteiger partial charge on any atom is 0.269 e. The molecule has 0 spiro atoms. The molecule has 0 atom stereocenters. The summed E-state index contributed by atoms with van der Waals surface area (Å²) < 4.78 is 5.64. The minimum atomic E-state index is -0.447. The van der Waals surface area contributed by atoms with Crippen LogP contribution in [0.4, 0.5) is 5.69 Å². The van der Waals surface area contributed by atoms with E-state index in [0.717, 1.165) is 0 Å². The summed E-state index contributed by atoms with van der Waals surface area (Å²) in [6, 6.07) is 12.1. The predicted molar refractivity (Wildman–Crippen MR) is 83.0 cm³/mol. The fraction of sp³-hybridized carbons (Fsp3) is 0.250. The van der Waals surface area contributed by atoms with E-state index in [1.807, 2.05) is 24.3 Å². The van der Waals surface area contributed by atoms with Crippen molar-refractivity contribution in [3.05, 3.63) is 68.7 Å². The Labute approximate surface area is 128 Å². The molecular formula is C16H16ClNO3. The van der Waals surface area contributed by atoms with Gasteiger partial charge >= 0.3 is 0 Å². The van der Waals surface area contributed by atoms with Crippen molar-refractivity contribution < 1.29 is 9.66 Å². The normalized spacial score (nSPS) is 10.7. The first-order chi connectivity index (χ1) is 9.97. The van der Waals surface area contributed by atoms with Crippen LogP contribution in [0.2, 0.25) is 5.02 Å². The van der Waals surface area contributed by atoms with Gasteiger partial charge in [0.2, 0.25) is 0 Å². The number of hydrogen-bond acceptors (Lipinski definition) is 3. The number of rotatable bonds is 5. The van der Waals surface area contributed by atoms with Crippen molar-refractivity contribution in [3.63, 3.8) is 0 Å². The molecule has 110 valence electrons. The van der Waals surface area contributed by atoms with E-state index in [4.69, 9.17) is 16.3 Å². The standard InChI is InChI=1S/C16H16ClNO3/c1-11(2)12-3-6-15(7-4-12)21-10-13-9-14(18(19)20)5-8-16(13)17/h3-9,11H,10H2,1-2H3. The highest BCUT2D eigenvalue weighted by molar-refractivity contribution is 6.31. The van der Waals surface area contributed by atoms with E-state index >= 15 is 0 Å². The molecule has 0 aliphatic heterocycles. The Kier molecular flexibility index (Phi) is 4.81.